The van der Waals surface area contributed by atoms with Crippen LogP contribution in [0.5, 0.6) is 5.75 Å². The van der Waals surface area contributed by atoms with Crippen molar-refractivity contribution >= 4 is 11.6 Å². The number of rotatable bonds is 3. The molecule has 1 rings (SSSR count). The Kier molecular flexibility index (Phi) is 3.79. The van der Waals surface area contributed by atoms with Gasteiger partial charge in [-0.25, -0.2) is 0 Å². The zero-order valence-electron chi connectivity index (χ0n) is 7.33. The minimum atomic E-state index is 0.331. The Balaban J connectivity index is 2.69. The second kappa shape index (κ2) is 5.11. The van der Waals surface area contributed by atoms with Crippen LogP contribution in [0.15, 0.2) is 18.2 Å². The third-order valence-corrected chi connectivity index (χ3v) is 1.86. The highest BCUT2D eigenvalue weighted by Gasteiger charge is 2.01. The molecule has 3 nitrogen and oxygen atoms in total. The molecule has 0 fully saturated rings. The molecule has 0 aromatic heterocycles. The Morgan fingerprint density at radius 1 is 1.36 bits per heavy atom. The van der Waals surface area contributed by atoms with Gasteiger partial charge in [0.15, 0.2) is 0 Å². The van der Waals surface area contributed by atoms with Crippen molar-refractivity contribution in [2.45, 2.75) is 6.42 Å². The van der Waals surface area contributed by atoms with Gasteiger partial charge in [-0.15, -0.1) is 0 Å². The van der Waals surface area contributed by atoms with Crippen LogP contribution in [0, 0.1) is 22.7 Å². The van der Waals surface area contributed by atoms with E-state index in [0.29, 0.717) is 29.4 Å². The lowest BCUT2D eigenvalue weighted by Crippen LogP contribution is -1.95. The molecule has 0 aliphatic rings. The summed E-state index contributed by atoms with van der Waals surface area (Å²) in [4.78, 5) is 0. The van der Waals surface area contributed by atoms with Crippen molar-refractivity contribution in [1.82, 2.24) is 0 Å². The van der Waals surface area contributed by atoms with Crippen LogP contribution in [0.25, 0.3) is 0 Å². The van der Waals surface area contributed by atoms with Gasteiger partial charge in [0.05, 0.1) is 23.1 Å². The molecule has 0 amide bonds. The van der Waals surface area contributed by atoms with Gasteiger partial charge < -0.3 is 4.74 Å². The second-order valence-electron chi connectivity index (χ2n) is 2.51. The summed E-state index contributed by atoms with van der Waals surface area (Å²) >= 11 is 5.77. The van der Waals surface area contributed by atoms with Gasteiger partial charge in [0.1, 0.15) is 18.4 Å². The van der Waals surface area contributed by atoms with Crippen LogP contribution >= 0.6 is 11.6 Å². The SMILES string of the molecule is N#CCCOc1ccc(C#N)c(Cl)c1. The molecule has 4 heteroatoms. The molecule has 1 aromatic carbocycles. The predicted octanol–water partition coefficient (Wildman–Crippen LogP) is 2.50. The molecule has 0 aliphatic carbocycles. The minimum Gasteiger partial charge on any atom is -0.492 e. The lowest BCUT2D eigenvalue weighted by Gasteiger charge is -2.03. The number of nitriles is 2. The normalized spacial score (nSPS) is 8.79. The zero-order valence-corrected chi connectivity index (χ0v) is 8.08. The summed E-state index contributed by atoms with van der Waals surface area (Å²) in [5, 5.41) is 17.2. The molecule has 0 radical (unpaired) electrons. The van der Waals surface area contributed by atoms with Crippen molar-refractivity contribution in [3.63, 3.8) is 0 Å². The molecule has 0 bridgehead atoms. The fourth-order valence-corrected chi connectivity index (χ4v) is 1.10. The molecule has 70 valence electrons. The molecular formula is C10H7ClN2O. The predicted molar refractivity (Wildman–Crippen MR) is 51.9 cm³/mol. The van der Waals surface area contributed by atoms with Gasteiger partial charge in [-0.1, -0.05) is 11.6 Å². The first-order valence-electron chi connectivity index (χ1n) is 3.97. The van der Waals surface area contributed by atoms with Crippen LogP contribution in [-0.4, -0.2) is 6.61 Å². The van der Waals surface area contributed by atoms with Crippen molar-refractivity contribution in [2.75, 3.05) is 6.61 Å². The van der Waals surface area contributed by atoms with E-state index in [9.17, 15) is 0 Å². The summed E-state index contributed by atoms with van der Waals surface area (Å²) in [6, 6.07) is 8.72. The zero-order chi connectivity index (χ0) is 10.4. The van der Waals surface area contributed by atoms with Gasteiger partial charge in [-0.05, 0) is 12.1 Å². The fourth-order valence-electron chi connectivity index (χ4n) is 0.891. The average molecular weight is 207 g/mol. The highest BCUT2D eigenvalue weighted by molar-refractivity contribution is 6.31. The van der Waals surface area contributed by atoms with Crippen LogP contribution in [0.4, 0.5) is 0 Å². The van der Waals surface area contributed by atoms with Gasteiger partial charge in [-0.2, -0.15) is 10.5 Å². The van der Waals surface area contributed by atoms with Crippen LogP contribution in [-0.2, 0) is 0 Å². The fraction of sp³-hybridized carbons (Fsp3) is 0.200. The quantitative estimate of drug-likeness (QED) is 0.714. The Bertz CT molecular complexity index is 404. The second-order valence-corrected chi connectivity index (χ2v) is 2.92. The Labute approximate surface area is 87.1 Å². The molecule has 14 heavy (non-hydrogen) atoms. The van der Waals surface area contributed by atoms with E-state index in [1.54, 1.807) is 18.2 Å². The van der Waals surface area contributed by atoms with Crippen molar-refractivity contribution in [1.29, 1.82) is 10.5 Å². The first-order valence-corrected chi connectivity index (χ1v) is 4.35. The molecule has 0 saturated carbocycles. The number of benzene rings is 1. The number of hydrogen-bond donors (Lipinski definition) is 0. The van der Waals surface area contributed by atoms with E-state index in [2.05, 4.69) is 0 Å². The maximum Gasteiger partial charge on any atom is 0.120 e. The maximum absolute atomic E-state index is 8.61. The van der Waals surface area contributed by atoms with Crippen LogP contribution in [0.1, 0.15) is 12.0 Å². The molecule has 1 aromatic rings. The van der Waals surface area contributed by atoms with E-state index in [4.69, 9.17) is 26.9 Å². The Morgan fingerprint density at radius 2 is 2.14 bits per heavy atom. The Morgan fingerprint density at radius 3 is 2.71 bits per heavy atom. The van der Waals surface area contributed by atoms with E-state index >= 15 is 0 Å². The van der Waals surface area contributed by atoms with Gasteiger partial charge in [0.2, 0.25) is 0 Å². The summed E-state index contributed by atoms with van der Waals surface area (Å²) in [6.07, 6.45) is 0.331. The van der Waals surface area contributed by atoms with Gasteiger partial charge in [0, 0.05) is 6.07 Å². The maximum atomic E-state index is 8.61. The summed E-state index contributed by atoms with van der Waals surface area (Å²) in [7, 11) is 0. The lowest BCUT2D eigenvalue weighted by molar-refractivity contribution is 0.326. The van der Waals surface area contributed by atoms with Crippen molar-refractivity contribution in [2.24, 2.45) is 0 Å². The number of nitrogens with zero attached hydrogens (tertiary/aromatic N) is 2. The van der Waals surface area contributed by atoms with E-state index in [1.807, 2.05) is 12.1 Å². The van der Waals surface area contributed by atoms with Gasteiger partial charge in [-0.3, -0.25) is 0 Å². The van der Waals surface area contributed by atoms with E-state index < -0.39 is 0 Å². The van der Waals surface area contributed by atoms with E-state index in [1.165, 1.54) is 0 Å². The molecule has 0 heterocycles. The molecule has 0 N–H and O–H groups in total. The molecule has 0 aliphatic heterocycles. The Hall–Kier alpha value is -1.71. The van der Waals surface area contributed by atoms with Crippen molar-refractivity contribution in [3.8, 4) is 17.9 Å². The summed E-state index contributed by atoms with van der Waals surface area (Å²) < 4.78 is 5.21. The van der Waals surface area contributed by atoms with Crippen molar-refractivity contribution < 1.29 is 4.74 Å². The van der Waals surface area contributed by atoms with Crippen LogP contribution < -0.4 is 4.74 Å². The molecule has 0 atom stereocenters. The summed E-state index contributed by atoms with van der Waals surface area (Å²) in [5.41, 5.74) is 0.416. The van der Waals surface area contributed by atoms with Crippen molar-refractivity contribution in [3.05, 3.63) is 28.8 Å². The molecule has 0 saturated heterocycles. The largest absolute Gasteiger partial charge is 0.492 e. The van der Waals surface area contributed by atoms with Gasteiger partial charge >= 0.3 is 0 Å². The van der Waals surface area contributed by atoms with Crippen LogP contribution in [0.3, 0.4) is 0 Å². The van der Waals surface area contributed by atoms with E-state index in [-0.39, 0.29) is 0 Å². The van der Waals surface area contributed by atoms with E-state index in [0.717, 1.165) is 0 Å². The van der Waals surface area contributed by atoms with Gasteiger partial charge in [0.25, 0.3) is 0 Å². The average Bonchev–Trinajstić information content (AvgIpc) is 2.18. The van der Waals surface area contributed by atoms with Crippen LogP contribution in [0.2, 0.25) is 5.02 Å². The monoisotopic (exact) mass is 206 g/mol. The highest BCUT2D eigenvalue weighted by Crippen LogP contribution is 2.21. The molecule has 0 spiro atoms. The minimum absolute atomic E-state index is 0.331. The number of halogens is 1. The summed E-state index contributed by atoms with van der Waals surface area (Å²) in [6.45, 7) is 0.332. The number of ether oxygens (including phenoxy) is 1. The molecule has 0 unspecified atom stereocenters. The number of hydrogen-bond acceptors (Lipinski definition) is 3. The smallest absolute Gasteiger partial charge is 0.120 e. The first kappa shape index (κ1) is 10.4. The highest BCUT2D eigenvalue weighted by atomic mass is 35.5. The topological polar surface area (TPSA) is 56.8 Å². The molecular weight excluding hydrogens is 200 g/mol. The third kappa shape index (κ3) is 2.65. The standard InChI is InChI=1S/C10H7ClN2O/c11-10-6-9(14-5-1-4-12)3-2-8(10)7-13/h2-3,6H,1,5H2. The third-order valence-electron chi connectivity index (χ3n) is 1.54. The first-order chi connectivity index (χ1) is 6.77. The summed E-state index contributed by atoms with van der Waals surface area (Å²) in [5.74, 6) is 0.573. The lowest BCUT2D eigenvalue weighted by atomic mass is 10.2.